The van der Waals surface area contributed by atoms with Gasteiger partial charge in [-0.1, -0.05) is 6.07 Å². The van der Waals surface area contributed by atoms with E-state index in [9.17, 15) is 4.79 Å². The second-order valence-electron chi connectivity index (χ2n) is 7.20. The summed E-state index contributed by atoms with van der Waals surface area (Å²) in [6.45, 7) is 10.7. The van der Waals surface area contributed by atoms with Crippen molar-refractivity contribution in [1.82, 2.24) is 10.2 Å². The lowest BCUT2D eigenvalue weighted by molar-refractivity contribution is -0.0948. The third-order valence-corrected chi connectivity index (χ3v) is 4.60. The largest absolute Gasteiger partial charge is 0.493 e. The Labute approximate surface area is 150 Å². The molecule has 0 aliphatic carbocycles. The van der Waals surface area contributed by atoms with Crippen LogP contribution in [0.5, 0.6) is 11.5 Å². The first-order chi connectivity index (χ1) is 11.8. The van der Waals surface area contributed by atoms with Crippen LogP contribution in [0.3, 0.4) is 0 Å². The Morgan fingerprint density at radius 2 is 1.88 bits per heavy atom. The summed E-state index contributed by atoms with van der Waals surface area (Å²) in [5, 5.41) is 3.04. The average molecular weight is 350 g/mol. The fourth-order valence-electron chi connectivity index (χ4n) is 3.24. The van der Waals surface area contributed by atoms with Crippen LogP contribution in [0, 0.1) is 0 Å². The minimum atomic E-state index is -0.173. The molecule has 0 bridgehead atoms. The maximum absolute atomic E-state index is 12.7. The summed E-state index contributed by atoms with van der Waals surface area (Å²) in [4.78, 5) is 15.0. The Kier molecular flexibility index (Phi) is 6.30. The number of amides is 1. The molecule has 0 saturated carbocycles. The topological polar surface area (TPSA) is 60.0 Å². The molecule has 0 radical (unpaired) electrons. The zero-order chi connectivity index (χ0) is 18.6. The fraction of sp³-hybridized carbons (Fsp3) is 0.632. The molecule has 1 fully saturated rings. The Morgan fingerprint density at radius 1 is 1.24 bits per heavy atom. The second-order valence-corrected chi connectivity index (χ2v) is 7.20. The maximum Gasteiger partial charge on any atom is 0.255 e. The van der Waals surface area contributed by atoms with Crippen LogP contribution in [0.25, 0.3) is 0 Å². The van der Waals surface area contributed by atoms with Crippen molar-refractivity contribution >= 4 is 5.91 Å². The predicted molar refractivity (Wildman–Crippen MR) is 97.5 cm³/mol. The monoisotopic (exact) mass is 350 g/mol. The van der Waals surface area contributed by atoms with E-state index in [2.05, 4.69) is 37.9 Å². The summed E-state index contributed by atoms with van der Waals surface area (Å²) in [5.41, 5.74) is 0.301. The van der Waals surface area contributed by atoms with Crippen molar-refractivity contribution in [3.63, 3.8) is 0 Å². The molecule has 1 N–H and O–H groups in total. The van der Waals surface area contributed by atoms with Crippen LogP contribution in [0.2, 0.25) is 0 Å². The number of rotatable bonds is 6. The normalized spacial score (nSPS) is 21.7. The van der Waals surface area contributed by atoms with Crippen LogP contribution < -0.4 is 14.8 Å². The summed E-state index contributed by atoms with van der Waals surface area (Å²) in [6, 6.07) is 5.30. The SMILES string of the molecule is COc1cccc(C(=O)NCC(C)(C)N2CC(C)OC(C)C2)c1OC. The highest BCUT2D eigenvalue weighted by Crippen LogP contribution is 2.30. The molecule has 25 heavy (non-hydrogen) atoms. The molecule has 0 spiro atoms. The molecule has 2 atom stereocenters. The van der Waals surface area contributed by atoms with Gasteiger partial charge in [0.05, 0.1) is 32.0 Å². The van der Waals surface area contributed by atoms with Gasteiger partial charge in [0.15, 0.2) is 11.5 Å². The van der Waals surface area contributed by atoms with E-state index in [0.29, 0.717) is 23.6 Å². The van der Waals surface area contributed by atoms with E-state index in [1.807, 2.05) is 0 Å². The lowest BCUT2D eigenvalue weighted by Gasteiger charge is -2.45. The van der Waals surface area contributed by atoms with Crippen molar-refractivity contribution in [3.8, 4) is 11.5 Å². The van der Waals surface area contributed by atoms with Gasteiger partial charge < -0.3 is 19.5 Å². The third kappa shape index (κ3) is 4.64. The van der Waals surface area contributed by atoms with Gasteiger partial charge in [0, 0.05) is 25.2 Å². The molecule has 1 amide bonds. The zero-order valence-corrected chi connectivity index (χ0v) is 16.1. The number of morpholine rings is 1. The summed E-state index contributed by atoms with van der Waals surface area (Å²) in [6.07, 6.45) is 0.384. The number of carbonyl (C=O) groups excluding carboxylic acids is 1. The van der Waals surface area contributed by atoms with Crippen LogP contribution in [-0.2, 0) is 4.74 Å². The Bertz CT molecular complexity index is 593. The first-order valence-electron chi connectivity index (χ1n) is 8.68. The minimum Gasteiger partial charge on any atom is -0.493 e. The highest BCUT2D eigenvalue weighted by molar-refractivity contribution is 5.97. The van der Waals surface area contributed by atoms with Crippen LogP contribution >= 0.6 is 0 Å². The third-order valence-electron chi connectivity index (χ3n) is 4.60. The van der Waals surface area contributed by atoms with Gasteiger partial charge in [-0.2, -0.15) is 0 Å². The Balaban J connectivity index is 2.06. The van der Waals surface area contributed by atoms with E-state index < -0.39 is 0 Å². The molecular formula is C19H30N2O4. The van der Waals surface area contributed by atoms with E-state index in [1.165, 1.54) is 7.11 Å². The number of para-hydroxylation sites is 1. The number of nitrogens with zero attached hydrogens (tertiary/aromatic N) is 1. The lowest BCUT2D eigenvalue weighted by Crippen LogP contribution is -2.58. The number of carbonyl (C=O) groups is 1. The molecule has 1 heterocycles. The van der Waals surface area contributed by atoms with Crippen LogP contribution in [-0.4, -0.2) is 62.4 Å². The van der Waals surface area contributed by atoms with Crippen molar-refractivity contribution in [2.75, 3.05) is 33.9 Å². The molecule has 6 heteroatoms. The highest BCUT2D eigenvalue weighted by atomic mass is 16.5. The van der Waals surface area contributed by atoms with Gasteiger partial charge in [-0.25, -0.2) is 0 Å². The Hall–Kier alpha value is -1.79. The number of hydrogen-bond donors (Lipinski definition) is 1. The molecule has 1 aromatic carbocycles. The summed E-state index contributed by atoms with van der Waals surface area (Å²) < 4.78 is 16.4. The number of methoxy groups -OCH3 is 2. The molecule has 1 aliphatic rings. The predicted octanol–water partition coefficient (Wildman–Crippen LogP) is 2.32. The summed E-state index contributed by atoms with van der Waals surface area (Å²) in [7, 11) is 3.10. The van der Waals surface area contributed by atoms with E-state index >= 15 is 0 Å². The van der Waals surface area contributed by atoms with Gasteiger partial charge in [0.25, 0.3) is 5.91 Å². The molecule has 140 valence electrons. The van der Waals surface area contributed by atoms with Crippen molar-refractivity contribution in [2.45, 2.75) is 45.4 Å². The van der Waals surface area contributed by atoms with Crippen molar-refractivity contribution < 1.29 is 19.0 Å². The van der Waals surface area contributed by atoms with Gasteiger partial charge in [-0.05, 0) is 39.8 Å². The number of hydrogen-bond acceptors (Lipinski definition) is 5. The highest BCUT2D eigenvalue weighted by Gasteiger charge is 2.33. The first kappa shape index (κ1) is 19.5. The smallest absolute Gasteiger partial charge is 0.255 e. The zero-order valence-electron chi connectivity index (χ0n) is 16.1. The van der Waals surface area contributed by atoms with Gasteiger partial charge in [0.2, 0.25) is 0 Å². The van der Waals surface area contributed by atoms with Gasteiger partial charge in [-0.3, -0.25) is 9.69 Å². The van der Waals surface area contributed by atoms with Gasteiger partial charge >= 0.3 is 0 Å². The second kappa shape index (κ2) is 8.06. The van der Waals surface area contributed by atoms with E-state index in [-0.39, 0.29) is 23.7 Å². The lowest BCUT2D eigenvalue weighted by atomic mass is 9.99. The van der Waals surface area contributed by atoms with Crippen LogP contribution in [0.1, 0.15) is 38.1 Å². The van der Waals surface area contributed by atoms with Crippen molar-refractivity contribution in [2.24, 2.45) is 0 Å². The molecule has 1 aliphatic heterocycles. The number of nitrogens with one attached hydrogen (secondary N) is 1. The molecule has 6 nitrogen and oxygen atoms in total. The van der Waals surface area contributed by atoms with Crippen molar-refractivity contribution in [1.29, 1.82) is 0 Å². The number of ether oxygens (including phenoxy) is 3. The first-order valence-corrected chi connectivity index (χ1v) is 8.68. The van der Waals surface area contributed by atoms with Gasteiger partial charge in [-0.15, -0.1) is 0 Å². The van der Waals surface area contributed by atoms with Gasteiger partial charge in [0.1, 0.15) is 0 Å². The van der Waals surface area contributed by atoms with Crippen molar-refractivity contribution in [3.05, 3.63) is 23.8 Å². The minimum absolute atomic E-state index is 0.168. The summed E-state index contributed by atoms with van der Waals surface area (Å²) >= 11 is 0. The molecule has 2 rings (SSSR count). The number of benzene rings is 1. The van der Waals surface area contributed by atoms with Crippen LogP contribution in [0.4, 0.5) is 0 Å². The quantitative estimate of drug-likeness (QED) is 0.853. The molecular weight excluding hydrogens is 320 g/mol. The fourth-order valence-corrected chi connectivity index (χ4v) is 3.24. The molecule has 0 aromatic heterocycles. The molecule has 1 aromatic rings. The van der Waals surface area contributed by atoms with Crippen LogP contribution in [0.15, 0.2) is 18.2 Å². The maximum atomic E-state index is 12.7. The molecule has 1 saturated heterocycles. The summed E-state index contributed by atoms with van der Waals surface area (Å²) in [5.74, 6) is 0.831. The van der Waals surface area contributed by atoms with E-state index in [0.717, 1.165) is 13.1 Å². The molecule has 2 unspecified atom stereocenters. The van der Waals surface area contributed by atoms with E-state index in [4.69, 9.17) is 14.2 Å². The van der Waals surface area contributed by atoms with E-state index in [1.54, 1.807) is 25.3 Å². The standard InChI is InChI=1S/C19H30N2O4/c1-13-10-21(11-14(2)25-13)19(3,4)12-20-18(22)15-8-7-9-16(23-5)17(15)24-6/h7-9,13-14H,10-12H2,1-6H3,(H,20,22). The Morgan fingerprint density at radius 3 is 2.44 bits per heavy atom. The average Bonchev–Trinajstić information content (AvgIpc) is 2.58.